The Kier molecular flexibility index (Phi) is 5.39. The Bertz CT molecular complexity index is 1540. The van der Waals surface area contributed by atoms with Crippen molar-refractivity contribution < 1.29 is 22.8 Å². The van der Waals surface area contributed by atoms with Gasteiger partial charge in [-0.2, -0.15) is 13.2 Å². The Balaban J connectivity index is 1.31. The molecular weight excluding hydrogens is 605 g/mol. The Labute approximate surface area is 231 Å². The van der Waals surface area contributed by atoms with E-state index in [1.54, 1.807) is 23.1 Å². The minimum atomic E-state index is -4.56. The Morgan fingerprint density at radius 1 is 1.03 bits per heavy atom. The van der Waals surface area contributed by atoms with Gasteiger partial charge in [0.1, 0.15) is 0 Å². The number of alkyl halides is 3. The number of benzene rings is 2. The van der Waals surface area contributed by atoms with Gasteiger partial charge in [-0.15, -0.1) is 23.1 Å². The maximum atomic E-state index is 13.8. The highest BCUT2D eigenvalue weighted by atomic mass is 79.9. The smallest absolute Gasteiger partial charge is 0.332 e. The average molecular weight is 624 g/mol. The van der Waals surface area contributed by atoms with Gasteiger partial charge in [-0.1, -0.05) is 34.1 Å². The summed E-state index contributed by atoms with van der Waals surface area (Å²) in [5.74, 6) is -1.68. The first kappa shape index (κ1) is 24.1. The minimum Gasteiger partial charge on any atom is -0.332 e. The number of fused-ring (bicyclic) bond motifs is 9. The van der Waals surface area contributed by atoms with E-state index in [0.29, 0.717) is 3.95 Å². The van der Waals surface area contributed by atoms with E-state index >= 15 is 0 Å². The van der Waals surface area contributed by atoms with Crippen molar-refractivity contribution in [2.45, 2.75) is 28.8 Å². The molecule has 0 spiro atoms. The predicted octanol–water partition coefficient (Wildman–Crippen LogP) is 7.26. The van der Waals surface area contributed by atoms with Crippen LogP contribution in [0.5, 0.6) is 0 Å². The van der Waals surface area contributed by atoms with E-state index in [0.717, 1.165) is 43.4 Å². The summed E-state index contributed by atoms with van der Waals surface area (Å²) in [6, 6.07) is 12.7. The minimum absolute atomic E-state index is 0.000908. The van der Waals surface area contributed by atoms with Crippen LogP contribution in [0.2, 0.25) is 0 Å². The number of anilines is 1. The quantitative estimate of drug-likeness (QED) is 0.241. The standard InChI is InChI=1S/C26H18BrF3N2O2S3/c27-12-5-1-3-10(7-12)16-17-14-9-15(20(17)36-22-21(16)37-25(35)31-22)19-18(14)23(33)32(24(19)34)13-6-2-4-11(8-13)26(28,29)30/h1-8,14-20H,9H2,(H,31,35). The van der Waals surface area contributed by atoms with Crippen LogP contribution in [0.1, 0.15) is 28.3 Å². The molecule has 7 rings (SSSR count). The van der Waals surface area contributed by atoms with Crippen LogP contribution < -0.4 is 4.90 Å². The SMILES string of the molecule is O=C1C2C3CC(C2C(=O)N1c1cccc(C(F)(F)F)c1)C1C(c2cccc(Br)c2)c2sc(=S)[nH]c2SC31. The molecule has 4 nitrogen and oxygen atoms in total. The number of nitrogens with zero attached hydrogens (tertiary/aromatic N) is 1. The number of nitrogens with one attached hydrogen (secondary N) is 1. The third-order valence-electron chi connectivity index (χ3n) is 8.36. The highest BCUT2D eigenvalue weighted by Crippen LogP contribution is 2.69. The van der Waals surface area contributed by atoms with Gasteiger partial charge in [-0.05, 0) is 72.3 Å². The lowest BCUT2D eigenvalue weighted by Crippen LogP contribution is -2.42. The molecule has 1 N–H and O–H groups in total. The van der Waals surface area contributed by atoms with E-state index in [9.17, 15) is 22.8 Å². The third kappa shape index (κ3) is 3.49. The molecule has 2 aliphatic carbocycles. The van der Waals surface area contributed by atoms with Crippen LogP contribution in [0.25, 0.3) is 0 Å². The fourth-order valence-corrected chi connectivity index (χ4v) is 10.9. The van der Waals surface area contributed by atoms with Crippen molar-refractivity contribution in [1.82, 2.24) is 4.98 Å². The van der Waals surface area contributed by atoms with Crippen LogP contribution in [-0.4, -0.2) is 22.0 Å². The number of aromatic amines is 1. The van der Waals surface area contributed by atoms with Crippen molar-refractivity contribution in [3.8, 4) is 0 Å². The second-order valence-corrected chi connectivity index (χ2v) is 13.9. The molecule has 7 atom stereocenters. The summed E-state index contributed by atoms with van der Waals surface area (Å²) in [4.78, 5) is 32.9. The molecule has 3 heterocycles. The molecule has 2 aliphatic heterocycles. The number of rotatable bonds is 2. The number of H-pyrrole nitrogens is 1. The number of amides is 2. The Morgan fingerprint density at radius 2 is 1.76 bits per heavy atom. The molecule has 2 bridgehead atoms. The fraction of sp³-hybridized carbons (Fsp3) is 0.346. The summed E-state index contributed by atoms with van der Waals surface area (Å²) in [5, 5.41) is 1.14. The van der Waals surface area contributed by atoms with Crippen molar-refractivity contribution in [3.05, 3.63) is 73.0 Å². The summed E-state index contributed by atoms with van der Waals surface area (Å²) >= 11 is 12.3. The molecule has 11 heteroatoms. The van der Waals surface area contributed by atoms with Crippen LogP contribution in [0.3, 0.4) is 0 Å². The molecule has 37 heavy (non-hydrogen) atoms. The van der Waals surface area contributed by atoms with Gasteiger partial charge in [0.15, 0.2) is 3.95 Å². The molecule has 1 saturated heterocycles. The van der Waals surface area contributed by atoms with Gasteiger partial charge >= 0.3 is 6.18 Å². The van der Waals surface area contributed by atoms with Gasteiger partial charge in [0.05, 0.1) is 28.1 Å². The van der Waals surface area contributed by atoms with Crippen molar-refractivity contribution in [2.75, 3.05) is 4.90 Å². The molecular formula is C26H18BrF3N2O2S3. The zero-order valence-electron chi connectivity index (χ0n) is 18.9. The average Bonchev–Trinajstić information content (AvgIpc) is 3.57. The highest BCUT2D eigenvalue weighted by Gasteiger charge is 2.69. The van der Waals surface area contributed by atoms with Crippen molar-refractivity contribution >= 4 is 68.7 Å². The number of imide groups is 1. The zero-order valence-corrected chi connectivity index (χ0v) is 22.9. The molecule has 3 aromatic rings. The molecule has 2 saturated carbocycles. The maximum Gasteiger partial charge on any atom is 0.416 e. The van der Waals surface area contributed by atoms with Crippen molar-refractivity contribution in [3.63, 3.8) is 0 Å². The lowest BCUT2D eigenvalue weighted by atomic mass is 9.68. The first-order valence-electron chi connectivity index (χ1n) is 11.8. The number of carbonyl (C=O) groups excluding carboxylic acids is 2. The molecule has 2 amide bonds. The molecule has 7 unspecified atom stereocenters. The van der Waals surface area contributed by atoms with E-state index in [1.807, 2.05) is 12.1 Å². The monoisotopic (exact) mass is 622 g/mol. The Hall–Kier alpha value is -1.95. The summed E-state index contributed by atoms with van der Waals surface area (Å²) < 4.78 is 41.8. The highest BCUT2D eigenvalue weighted by molar-refractivity contribution is 9.10. The number of hydrogen-bond acceptors (Lipinski definition) is 5. The summed E-state index contributed by atoms with van der Waals surface area (Å²) in [7, 11) is 0. The third-order valence-corrected chi connectivity index (χ3v) is 11.8. The summed E-state index contributed by atoms with van der Waals surface area (Å²) in [5.41, 5.74) is 0.261. The van der Waals surface area contributed by atoms with Gasteiger partial charge < -0.3 is 4.98 Å². The van der Waals surface area contributed by atoms with Crippen LogP contribution in [0, 0.1) is 33.5 Å². The van der Waals surface area contributed by atoms with Gasteiger partial charge in [0, 0.05) is 20.5 Å². The summed E-state index contributed by atoms with van der Waals surface area (Å²) in [6.45, 7) is 0. The van der Waals surface area contributed by atoms with Gasteiger partial charge in [0.2, 0.25) is 11.8 Å². The number of hydrogen-bond donors (Lipinski definition) is 1. The topological polar surface area (TPSA) is 53.2 Å². The number of thiazole rings is 1. The molecule has 1 aromatic heterocycles. The van der Waals surface area contributed by atoms with Crippen molar-refractivity contribution in [2.24, 2.45) is 29.6 Å². The van der Waals surface area contributed by atoms with E-state index in [1.165, 1.54) is 12.1 Å². The van der Waals surface area contributed by atoms with Crippen LogP contribution >= 0.6 is 51.2 Å². The lowest BCUT2D eigenvalue weighted by molar-refractivity contribution is -0.137. The molecule has 3 fully saturated rings. The molecule has 4 aliphatic rings. The fourth-order valence-electron chi connectivity index (χ4n) is 7.17. The first-order valence-corrected chi connectivity index (χ1v) is 14.7. The number of carbonyl (C=O) groups is 2. The van der Waals surface area contributed by atoms with Crippen LogP contribution in [0.15, 0.2) is 58.0 Å². The van der Waals surface area contributed by atoms with E-state index in [-0.39, 0.29) is 46.4 Å². The summed E-state index contributed by atoms with van der Waals surface area (Å²) in [6.07, 6.45) is -3.79. The van der Waals surface area contributed by atoms with E-state index in [2.05, 4.69) is 33.0 Å². The van der Waals surface area contributed by atoms with Crippen molar-refractivity contribution in [1.29, 1.82) is 0 Å². The van der Waals surface area contributed by atoms with Crippen LogP contribution in [-0.2, 0) is 15.8 Å². The Morgan fingerprint density at radius 3 is 2.49 bits per heavy atom. The number of aromatic nitrogens is 1. The van der Waals surface area contributed by atoms with E-state index in [4.69, 9.17) is 12.2 Å². The lowest BCUT2D eigenvalue weighted by Gasteiger charge is -2.43. The molecule has 190 valence electrons. The zero-order chi connectivity index (χ0) is 25.8. The largest absolute Gasteiger partial charge is 0.416 e. The van der Waals surface area contributed by atoms with Crippen LogP contribution in [0.4, 0.5) is 18.9 Å². The normalized spacial score (nSPS) is 32.0. The van der Waals surface area contributed by atoms with Gasteiger partial charge in [-0.25, -0.2) is 0 Å². The van der Waals surface area contributed by atoms with Gasteiger partial charge in [-0.3, -0.25) is 14.5 Å². The molecule has 2 aromatic carbocycles. The van der Waals surface area contributed by atoms with E-state index < -0.39 is 23.6 Å². The number of thioether (sulfide) groups is 1. The second kappa shape index (κ2) is 8.27. The predicted molar refractivity (Wildman–Crippen MR) is 141 cm³/mol. The molecule has 0 radical (unpaired) electrons. The first-order chi connectivity index (χ1) is 17.6. The maximum absolute atomic E-state index is 13.8. The number of halogens is 4. The van der Waals surface area contributed by atoms with Gasteiger partial charge in [0.25, 0.3) is 0 Å². The second-order valence-electron chi connectivity index (χ2n) is 10.1.